The molecular formula is C18H22N2O. The lowest BCUT2D eigenvalue weighted by Gasteiger charge is -2.09. The Morgan fingerprint density at radius 2 is 1.81 bits per heavy atom. The summed E-state index contributed by atoms with van der Waals surface area (Å²) in [4.78, 5) is 12.0. The van der Waals surface area contributed by atoms with Crippen molar-refractivity contribution in [1.29, 1.82) is 0 Å². The van der Waals surface area contributed by atoms with Gasteiger partial charge >= 0.3 is 0 Å². The Bertz CT molecular complexity index is 662. The third-order valence-electron chi connectivity index (χ3n) is 3.64. The topological polar surface area (TPSA) is 55.1 Å². The van der Waals surface area contributed by atoms with Crippen LogP contribution >= 0.6 is 0 Å². The van der Waals surface area contributed by atoms with Crippen LogP contribution in [0.3, 0.4) is 0 Å². The van der Waals surface area contributed by atoms with Crippen LogP contribution in [0.2, 0.25) is 0 Å². The highest BCUT2D eigenvalue weighted by molar-refractivity contribution is 5.91. The van der Waals surface area contributed by atoms with Crippen LogP contribution in [0.25, 0.3) is 0 Å². The molecule has 0 bridgehead atoms. The van der Waals surface area contributed by atoms with Crippen LogP contribution < -0.4 is 11.1 Å². The van der Waals surface area contributed by atoms with E-state index >= 15 is 0 Å². The predicted octanol–water partition coefficient (Wildman–Crippen LogP) is 3.77. The van der Waals surface area contributed by atoms with Crippen LogP contribution in [-0.2, 0) is 11.2 Å². The lowest BCUT2D eigenvalue weighted by molar-refractivity contribution is -0.116. The number of carbonyl (C=O) groups excluding carboxylic acids is 1. The number of aryl methyl sites for hydroxylation is 4. The number of nitrogens with one attached hydrogen (secondary N) is 1. The number of rotatable bonds is 4. The summed E-state index contributed by atoms with van der Waals surface area (Å²) in [7, 11) is 0. The van der Waals surface area contributed by atoms with Crippen molar-refractivity contribution in [2.45, 2.75) is 33.6 Å². The molecule has 2 aromatic carbocycles. The van der Waals surface area contributed by atoms with Gasteiger partial charge in [-0.1, -0.05) is 29.8 Å². The molecular weight excluding hydrogens is 260 g/mol. The predicted molar refractivity (Wildman–Crippen MR) is 88.5 cm³/mol. The van der Waals surface area contributed by atoms with E-state index in [4.69, 9.17) is 5.73 Å². The number of amides is 1. The molecule has 0 heterocycles. The van der Waals surface area contributed by atoms with E-state index in [0.29, 0.717) is 12.8 Å². The molecule has 2 rings (SSSR count). The van der Waals surface area contributed by atoms with Crippen molar-refractivity contribution in [1.82, 2.24) is 0 Å². The first-order chi connectivity index (χ1) is 9.95. The van der Waals surface area contributed by atoms with Crippen LogP contribution in [0, 0.1) is 20.8 Å². The molecule has 0 radical (unpaired) electrons. The molecule has 0 spiro atoms. The van der Waals surface area contributed by atoms with E-state index in [9.17, 15) is 4.79 Å². The second kappa shape index (κ2) is 6.44. The average Bonchev–Trinajstić information content (AvgIpc) is 2.43. The normalized spacial score (nSPS) is 10.4. The molecule has 0 aliphatic heterocycles. The molecule has 0 unspecified atom stereocenters. The Balaban J connectivity index is 1.94. The van der Waals surface area contributed by atoms with Crippen LogP contribution in [0.5, 0.6) is 0 Å². The molecule has 0 atom stereocenters. The summed E-state index contributed by atoms with van der Waals surface area (Å²) >= 11 is 0. The maximum absolute atomic E-state index is 12.0. The fraction of sp³-hybridized carbons (Fsp3) is 0.278. The van der Waals surface area contributed by atoms with Gasteiger partial charge in [0.2, 0.25) is 5.91 Å². The van der Waals surface area contributed by atoms with Crippen LogP contribution in [0.15, 0.2) is 36.4 Å². The second-order valence-corrected chi connectivity index (χ2v) is 5.56. The van der Waals surface area contributed by atoms with Crippen molar-refractivity contribution >= 4 is 17.3 Å². The lowest BCUT2D eigenvalue weighted by atomic mass is 10.1. The SMILES string of the molecule is Cc1ccc(NC(=O)CCc2ccc(C)c(N)c2)c(C)c1. The summed E-state index contributed by atoms with van der Waals surface area (Å²) in [6.07, 6.45) is 1.15. The summed E-state index contributed by atoms with van der Waals surface area (Å²) in [6.45, 7) is 6.02. The highest BCUT2D eigenvalue weighted by atomic mass is 16.1. The third-order valence-corrected chi connectivity index (χ3v) is 3.64. The summed E-state index contributed by atoms with van der Waals surface area (Å²) in [5.41, 5.74) is 12.0. The zero-order valence-electron chi connectivity index (χ0n) is 12.9. The molecule has 1 amide bonds. The fourth-order valence-corrected chi connectivity index (χ4v) is 2.27. The van der Waals surface area contributed by atoms with Gasteiger partial charge in [-0.2, -0.15) is 0 Å². The Hall–Kier alpha value is -2.29. The van der Waals surface area contributed by atoms with Crippen molar-refractivity contribution in [2.75, 3.05) is 11.1 Å². The fourth-order valence-electron chi connectivity index (χ4n) is 2.27. The zero-order valence-corrected chi connectivity index (χ0v) is 12.9. The number of hydrogen-bond donors (Lipinski definition) is 2. The van der Waals surface area contributed by atoms with Gasteiger partial charge in [-0.3, -0.25) is 4.79 Å². The quantitative estimate of drug-likeness (QED) is 0.839. The maximum atomic E-state index is 12.0. The molecule has 0 aliphatic carbocycles. The van der Waals surface area contributed by atoms with Gasteiger partial charge in [0.05, 0.1) is 0 Å². The minimum atomic E-state index is 0.0288. The molecule has 3 nitrogen and oxygen atoms in total. The van der Waals surface area contributed by atoms with E-state index in [1.165, 1.54) is 5.56 Å². The first kappa shape index (κ1) is 15.1. The van der Waals surface area contributed by atoms with E-state index in [0.717, 1.165) is 28.1 Å². The maximum Gasteiger partial charge on any atom is 0.224 e. The largest absolute Gasteiger partial charge is 0.399 e. The van der Waals surface area contributed by atoms with Gasteiger partial charge in [0.25, 0.3) is 0 Å². The lowest BCUT2D eigenvalue weighted by Crippen LogP contribution is -2.13. The summed E-state index contributed by atoms with van der Waals surface area (Å²) in [5, 5.41) is 2.96. The van der Waals surface area contributed by atoms with E-state index in [1.54, 1.807) is 0 Å². The minimum Gasteiger partial charge on any atom is -0.399 e. The van der Waals surface area contributed by atoms with Crippen molar-refractivity contribution in [3.05, 3.63) is 58.7 Å². The molecule has 110 valence electrons. The molecule has 0 fully saturated rings. The van der Waals surface area contributed by atoms with Crippen molar-refractivity contribution in [3.8, 4) is 0 Å². The van der Waals surface area contributed by atoms with Gasteiger partial charge in [0, 0.05) is 17.8 Å². The summed E-state index contributed by atoms with van der Waals surface area (Å²) in [6, 6.07) is 12.0. The zero-order chi connectivity index (χ0) is 15.4. The van der Waals surface area contributed by atoms with Crippen LogP contribution in [-0.4, -0.2) is 5.91 Å². The van der Waals surface area contributed by atoms with Gasteiger partial charge in [-0.05, 0) is 56.0 Å². The van der Waals surface area contributed by atoms with E-state index in [2.05, 4.69) is 11.4 Å². The average molecular weight is 282 g/mol. The molecule has 3 N–H and O–H groups in total. The number of anilines is 2. The van der Waals surface area contributed by atoms with Crippen molar-refractivity contribution in [3.63, 3.8) is 0 Å². The number of nitrogens with two attached hydrogens (primary N) is 1. The Morgan fingerprint density at radius 1 is 1.05 bits per heavy atom. The monoisotopic (exact) mass is 282 g/mol. The minimum absolute atomic E-state index is 0.0288. The van der Waals surface area contributed by atoms with Crippen molar-refractivity contribution in [2.24, 2.45) is 0 Å². The highest BCUT2D eigenvalue weighted by Crippen LogP contribution is 2.17. The summed E-state index contributed by atoms with van der Waals surface area (Å²) < 4.78 is 0. The molecule has 0 aromatic heterocycles. The number of carbonyl (C=O) groups is 1. The van der Waals surface area contributed by atoms with Gasteiger partial charge in [0.1, 0.15) is 0 Å². The van der Waals surface area contributed by atoms with Gasteiger partial charge in [-0.25, -0.2) is 0 Å². The Kier molecular flexibility index (Phi) is 4.63. The molecule has 0 saturated heterocycles. The molecule has 0 aliphatic rings. The smallest absolute Gasteiger partial charge is 0.224 e. The molecule has 21 heavy (non-hydrogen) atoms. The number of nitrogen functional groups attached to an aromatic ring is 1. The van der Waals surface area contributed by atoms with Crippen LogP contribution in [0.1, 0.15) is 28.7 Å². The second-order valence-electron chi connectivity index (χ2n) is 5.56. The van der Waals surface area contributed by atoms with Gasteiger partial charge in [0.15, 0.2) is 0 Å². The van der Waals surface area contributed by atoms with Gasteiger partial charge < -0.3 is 11.1 Å². The standard InChI is InChI=1S/C18H22N2O/c1-12-4-8-17(14(3)10-12)20-18(21)9-7-15-6-5-13(2)16(19)11-15/h4-6,8,10-11H,7,9,19H2,1-3H3,(H,20,21). The summed E-state index contributed by atoms with van der Waals surface area (Å²) in [5.74, 6) is 0.0288. The van der Waals surface area contributed by atoms with Gasteiger partial charge in [-0.15, -0.1) is 0 Å². The highest BCUT2D eigenvalue weighted by Gasteiger charge is 2.06. The molecule has 2 aromatic rings. The van der Waals surface area contributed by atoms with E-state index in [1.807, 2.05) is 51.1 Å². The number of hydrogen-bond acceptors (Lipinski definition) is 2. The molecule has 0 saturated carbocycles. The molecule has 3 heteroatoms. The Morgan fingerprint density at radius 3 is 2.48 bits per heavy atom. The first-order valence-electron chi connectivity index (χ1n) is 7.18. The van der Waals surface area contributed by atoms with E-state index < -0.39 is 0 Å². The van der Waals surface area contributed by atoms with E-state index in [-0.39, 0.29) is 5.91 Å². The first-order valence-corrected chi connectivity index (χ1v) is 7.18. The Labute approximate surface area is 126 Å². The van der Waals surface area contributed by atoms with Crippen molar-refractivity contribution < 1.29 is 4.79 Å². The van der Waals surface area contributed by atoms with Crippen LogP contribution in [0.4, 0.5) is 11.4 Å². The third kappa shape index (κ3) is 4.09. The number of benzene rings is 2.